The van der Waals surface area contributed by atoms with E-state index in [4.69, 9.17) is 33.2 Å². The fraction of sp³-hybridized carbons (Fsp3) is 0.674. The van der Waals surface area contributed by atoms with Crippen molar-refractivity contribution in [1.29, 1.82) is 0 Å². The first-order chi connectivity index (χ1) is 28.9. The van der Waals surface area contributed by atoms with Crippen molar-refractivity contribution in [2.75, 3.05) is 46.4 Å². The van der Waals surface area contributed by atoms with E-state index in [0.717, 1.165) is 27.2 Å². The Morgan fingerprint density at radius 1 is 0.871 bits per heavy atom. The van der Waals surface area contributed by atoms with Crippen LogP contribution in [0.5, 0.6) is 5.75 Å². The molecule has 0 aliphatic carbocycles. The Hall–Kier alpha value is -5.30. The van der Waals surface area contributed by atoms with Crippen molar-refractivity contribution < 1.29 is 71.5 Å². The molecule has 3 heterocycles. The van der Waals surface area contributed by atoms with Gasteiger partial charge in [-0.3, -0.25) is 33.7 Å². The van der Waals surface area contributed by atoms with Crippen LogP contribution in [0.15, 0.2) is 12.1 Å². The molecule has 62 heavy (non-hydrogen) atoms. The minimum Gasteiger partial charge on any atom is -0.467 e. The Labute approximate surface area is 362 Å². The zero-order chi connectivity index (χ0) is 46.3. The van der Waals surface area contributed by atoms with E-state index in [1.54, 1.807) is 39.5 Å². The van der Waals surface area contributed by atoms with Gasteiger partial charge in [-0.2, -0.15) is 0 Å². The van der Waals surface area contributed by atoms with Crippen LogP contribution in [-0.2, 0) is 57.2 Å². The second kappa shape index (κ2) is 20.3. The molecule has 0 radical (unpaired) electrons. The number of methoxy groups -OCH3 is 1. The summed E-state index contributed by atoms with van der Waals surface area (Å²) in [5, 5.41) is 5.43. The van der Waals surface area contributed by atoms with Crippen molar-refractivity contribution in [2.45, 2.75) is 137 Å². The minimum atomic E-state index is -1.93. The predicted octanol–water partition coefficient (Wildman–Crippen LogP) is 2.68. The molecule has 3 saturated heterocycles. The molecule has 0 saturated carbocycles. The van der Waals surface area contributed by atoms with Gasteiger partial charge in [0.1, 0.15) is 23.6 Å². The van der Waals surface area contributed by atoms with Gasteiger partial charge in [-0.25, -0.2) is 9.59 Å². The van der Waals surface area contributed by atoms with Crippen LogP contribution in [-0.4, -0.2) is 146 Å². The molecule has 1 unspecified atom stereocenters. The van der Waals surface area contributed by atoms with Crippen LogP contribution in [0, 0.1) is 19.3 Å². The number of piperidine rings is 1. The third-order valence-electron chi connectivity index (χ3n) is 10.9. The van der Waals surface area contributed by atoms with Gasteiger partial charge in [0.15, 0.2) is 17.8 Å². The van der Waals surface area contributed by atoms with E-state index in [9.17, 15) is 38.4 Å². The van der Waals surface area contributed by atoms with E-state index in [2.05, 4.69) is 10.6 Å². The molecule has 344 valence electrons. The normalized spacial score (nSPS) is 24.8. The Bertz CT molecular complexity index is 1870. The lowest BCUT2D eigenvalue weighted by Gasteiger charge is -2.51. The third-order valence-corrected chi connectivity index (χ3v) is 10.9. The monoisotopic (exact) mass is 874 g/mol. The molecule has 3 aliphatic rings. The number of esters is 5. The largest absolute Gasteiger partial charge is 0.467 e. The summed E-state index contributed by atoms with van der Waals surface area (Å²) >= 11 is 0. The summed E-state index contributed by atoms with van der Waals surface area (Å²) in [7, 11) is 1.17. The van der Waals surface area contributed by atoms with Crippen LogP contribution >= 0.6 is 0 Å². The Balaban J connectivity index is 1.75. The number of benzene rings is 1. The maximum Gasteiger partial charge on any atom is 0.410 e. The van der Waals surface area contributed by atoms with Gasteiger partial charge in [0.25, 0.3) is 5.91 Å². The van der Waals surface area contributed by atoms with Gasteiger partial charge in [0, 0.05) is 78.2 Å². The number of rotatable bonds is 13. The number of amides is 3. The zero-order valence-electron chi connectivity index (χ0n) is 37.6. The molecule has 0 bridgehead atoms. The van der Waals surface area contributed by atoms with Crippen LogP contribution in [0.4, 0.5) is 4.79 Å². The highest BCUT2D eigenvalue weighted by Crippen LogP contribution is 2.42. The zero-order valence-corrected chi connectivity index (χ0v) is 37.6. The van der Waals surface area contributed by atoms with Crippen molar-refractivity contribution in [3.8, 4) is 5.75 Å². The van der Waals surface area contributed by atoms with Crippen molar-refractivity contribution in [2.24, 2.45) is 5.41 Å². The van der Waals surface area contributed by atoms with E-state index in [1.165, 1.54) is 33.1 Å². The van der Waals surface area contributed by atoms with Crippen LogP contribution in [0.3, 0.4) is 0 Å². The van der Waals surface area contributed by atoms with Crippen molar-refractivity contribution in [1.82, 2.24) is 20.4 Å². The maximum atomic E-state index is 14.2. The van der Waals surface area contributed by atoms with Crippen LogP contribution in [0.25, 0.3) is 0 Å². The number of nitrogens with zero attached hydrogens (tertiary/aromatic N) is 2. The first-order valence-electron chi connectivity index (χ1n) is 20.7. The van der Waals surface area contributed by atoms with E-state index in [-0.39, 0.29) is 23.9 Å². The third kappa shape index (κ3) is 12.9. The molecule has 3 aliphatic heterocycles. The SMILES string of the molecule is COC(=O)[C@@]1(CN2CCCC3(CCN(C(=O)OC(C)(C)C)C3)C2)C[C@H](OC(C)=O)[C@@H](NC(C)=O)[C@H]([C@H](OC(C)=O)[C@@H](CNC(=O)c2cc(C)c(OC(C)=O)c(C)c2)OC(C)=O)O1. The highest BCUT2D eigenvalue weighted by Gasteiger charge is 2.59. The standard InChI is InChI=1S/C43H62N4O15/c1-24-17-31(18-25(2)35(24)59-29(6)51)38(53)44-20-33(58-28(5)50)36(60-30(7)52)37-34(45-26(3)48)32(57-27(4)49)19-43(61-37,39(54)56-11)23-46-15-12-13-42(21-46)14-16-47(22-42)40(55)62-41(8,9)10/h17-18,32-34,36-37H,12-16,19-23H2,1-11H3,(H,44,53)(H,45,48)/t32-,33+,34+,36+,37+,42?,43-/m0/s1. The summed E-state index contributed by atoms with van der Waals surface area (Å²) in [6.07, 6.45) is -4.53. The topological polar surface area (TPSA) is 232 Å². The number of hydrogen-bond acceptors (Lipinski definition) is 16. The van der Waals surface area contributed by atoms with E-state index >= 15 is 0 Å². The second-order valence-corrected chi connectivity index (χ2v) is 17.6. The lowest BCUT2D eigenvalue weighted by molar-refractivity contribution is -0.243. The molecule has 19 nitrogen and oxygen atoms in total. The number of carbonyl (C=O) groups excluding carboxylic acids is 8. The molecule has 7 atom stereocenters. The molecule has 0 aromatic heterocycles. The number of aryl methyl sites for hydroxylation is 2. The molecule has 3 fully saturated rings. The van der Waals surface area contributed by atoms with Gasteiger partial charge < -0.3 is 48.7 Å². The summed E-state index contributed by atoms with van der Waals surface area (Å²) in [6, 6.07) is 1.71. The lowest BCUT2D eigenvalue weighted by atomic mass is 9.78. The van der Waals surface area contributed by atoms with Gasteiger partial charge in [-0.15, -0.1) is 0 Å². The first-order valence-corrected chi connectivity index (χ1v) is 20.7. The van der Waals surface area contributed by atoms with Crippen molar-refractivity contribution in [3.63, 3.8) is 0 Å². The van der Waals surface area contributed by atoms with Crippen LogP contribution < -0.4 is 15.4 Å². The van der Waals surface area contributed by atoms with Crippen molar-refractivity contribution in [3.05, 3.63) is 28.8 Å². The summed E-state index contributed by atoms with van der Waals surface area (Å²) in [6.45, 7) is 15.8. The molecule has 1 spiro atoms. The fourth-order valence-corrected chi connectivity index (χ4v) is 8.76. The molecule has 19 heteroatoms. The smallest absolute Gasteiger partial charge is 0.410 e. The number of carbonyl (C=O) groups is 8. The average Bonchev–Trinajstić information content (AvgIpc) is 3.55. The highest BCUT2D eigenvalue weighted by atomic mass is 16.6. The van der Waals surface area contributed by atoms with E-state index in [0.29, 0.717) is 55.9 Å². The molecule has 1 aromatic carbocycles. The summed E-state index contributed by atoms with van der Waals surface area (Å²) in [5.74, 6) is -4.80. The molecule has 2 N–H and O–H groups in total. The molecular weight excluding hydrogens is 812 g/mol. The van der Waals surface area contributed by atoms with Gasteiger partial charge in [-0.1, -0.05) is 0 Å². The Morgan fingerprint density at radius 3 is 2.06 bits per heavy atom. The van der Waals surface area contributed by atoms with E-state index < -0.39 is 96.0 Å². The number of nitrogens with one attached hydrogen (secondary N) is 2. The average molecular weight is 875 g/mol. The maximum absolute atomic E-state index is 14.2. The predicted molar refractivity (Wildman–Crippen MR) is 219 cm³/mol. The number of likely N-dealkylation sites (tertiary alicyclic amines) is 2. The fourth-order valence-electron chi connectivity index (χ4n) is 8.76. The molecule has 3 amide bonds. The van der Waals surface area contributed by atoms with Gasteiger partial charge >= 0.3 is 35.9 Å². The Morgan fingerprint density at radius 2 is 1.52 bits per heavy atom. The number of hydrogen-bond donors (Lipinski definition) is 2. The second-order valence-electron chi connectivity index (χ2n) is 17.6. The van der Waals surface area contributed by atoms with Gasteiger partial charge in [0.05, 0.1) is 19.7 Å². The summed E-state index contributed by atoms with van der Waals surface area (Å²) in [5.41, 5.74) is -1.79. The van der Waals surface area contributed by atoms with Crippen LogP contribution in [0.1, 0.15) is 103 Å². The number of ether oxygens (including phenoxy) is 7. The summed E-state index contributed by atoms with van der Waals surface area (Å²) in [4.78, 5) is 107. The first kappa shape index (κ1) is 49.4. The summed E-state index contributed by atoms with van der Waals surface area (Å²) < 4.78 is 40.4. The molecule has 1 aromatic rings. The minimum absolute atomic E-state index is 0.112. The van der Waals surface area contributed by atoms with Gasteiger partial charge in [-0.05, 0) is 83.7 Å². The quantitative estimate of drug-likeness (QED) is 0.165. The molecule has 4 rings (SSSR count). The molecular formula is C43H62N4O15. The van der Waals surface area contributed by atoms with E-state index in [1.807, 2.05) is 4.90 Å². The lowest BCUT2D eigenvalue weighted by Crippen LogP contribution is -2.71. The highest BCUT2D eigenvalue weighted by molar-refractivity contribution is 5.95. The van der Waals surface area contributed by atoms with Crippen molar-refractivity contribution >= 4 is 47.8 Å². The van der Waals surface area contributed by atoms with Gasteiger partial charge in [0.2, 0.25) is 5.91 Å². The van der Waals surface area contributed by atoms with Crippen LogP contribution in [0.2, 0.25) is 0 Å². The Kier molecular flexibility index (Phi) is 16.1.